The largest absolute Gasteiger partial charge is 0.369 e. The molecule has 94 valence electrons. The van der Waals surface area contributed by atoms with Crippen LogP contribution in [0.5, 0.6) is 0 Å². The van der Waals surface area contributed by atoms with Crippen molar-refractivity contribution in [3.05, 3.63) is 0 Å². The van der Waals surface area contributed by atoms with E-state index in [1.54, 1.807) is 14.0 Å². The maximum absolute atomic E-state index is 11.8. The van der Waals surface area contributed by atoms with Gasteiger partial charge >= 0.3 is 0 Å². The van der Waals surface area contributed by atoms with Crippen LogP contribution < -0.4 is 0 Å². The van der Waals surface area contributed by atoms with E-state index in [1.807, 2.05) is 6.92 Å². The molecule has 1 saturated heterocycles. The molecule has 1 aliphatic heterocycles. The fraction of sp³-hybridized carbons (Fsp3) is 0.900. The Bertz CT molecular complexity index is 352. The Morgan fingerprint density at radius 3 is 2.62 bits per heavy atom. The Morgan fingerprint density at radius 1 is 1.56 bits per heavy atom. The molecule has 6 heteroatoms. The van der Waals surface area contributed by atoms with Crippen molar-refractivity contribution in [1.29, 1.82) is 0 Å². The molecule has 2 unspecified atom stereocenters. The van der Waals surface area contributed by atoms with Crippen LogP contribution in [0.25, 0.3) is 0 Å². The Balaban J connectivity index is 2.58. The number of likely N-dealkylation sites (N-methyl/N-ethyl adjacent to an activating group) is 1. The summed E-state index contributed by atoms with van der Waals surface area (Å²) in [5.41, 5.74) is 0. The van der Waals surface area contributed by atoms with Crippen molar-refractivity contribution in [3.8, 4) is 0 Å². The summed E-state index contributed by atoms with van der Waals surface area (Å²) in [4.78, 5) is 13.3. The lowest BCUT2D eigenvalue weighted by molar-refractivity contribution is -0.142. The van der Waals surface area contributed by atoms with E-state index in [-0.39, 0.29) is 23.5 Å². The number of ether oxygens (including phenoxy) is 1. The highest BCUT2D eigenvalue weighted by Crippen LogP contribution is 2.17. The van der Waals surface area contributed by atoms with E-state index < -0.39 is 15.9 Å². The molecule has 1 amide bonds. The Hall–Kier alpha value is -0.620. The van der Waals surface area contributed by atoms with Crippen molar-refractivity contribution in [2.75, 3.05) is 25.2 Å². The molecule has 0 aliphatic carbocycles. The monoisotopic (exact) mass is 249 g/mol. The minimum absolute atomic E-state index is 0.0775. The number of hydrogen-bond donors (Lipinski definition) is 0. The lowest BCUT2D eigenvalue weighted by Crippen LogP contribution is -2.43. The summed E-state index contributed by atoms with van der Waals surface area (Å²) in [7, 11) is -1.30. The van der Waals surface area contributed by atoms with Crippen LogP contribution in [-0.2, 0) is 19.4 Å². The average Bonchev–Trinajstić information content (AvgIpc) is 2.57. The van der Waals surface area contributed by atoms with Gasteiger partial charge in [-0.1, -0.05) is 0 Å². The molecule has 0 N–H and O–H groups in total. The molecule has 1 heterocycles. The van der Waals surface area contributed by atoms with Gasteiger partial charge in [0.25, 0.3) is 5.91 Å². The summed E-state index contributed by atoms with van der Waals surface area (Å²) < 4.78 is 27.8. The molecule has 16 heavy (non-hydrogen) atoms. The molecule has 1 rings (SSSR count). The van der Waals surface area contributed by atoms with Gasteiger partial charge in [-0.25, -0.2) is 8.42 Å². The third-order valence-electron chi connectivity index (χ3n) is 2.87. The number of nitrogens with zero attached hydrogens (tertiary/aromatic N) is 1. The molecule has 0 saturated carbocycles. The second kappa shape index (κ2) is 5.14. The molecular formula is C10H19NO4S. The quantitative estimate of drug-likeness (QED) is 0.706. The van der Waals surface area contributed by atoms with Crippen LogP contribution in [0.4, 0.5) is 0 Å². The van der Waals surface area contributed by atoms with Gasteiger partial charge in [0, 0.05) is 19.7 Å². The summed E-state index contributed by atoms with van der Waals surface area (Å²) in [5.74, 6) is 0.107. The first-order valence-corrected chi connectivity index (χ1v) is 7.28. The number of hydrogen-bond acceptors (Lipinski definition) is 4. The molecular weight excluding hydrogens is 230 g/mol. The molecule has 1 fully saturated rings. The first kappa shape index (κ1) is 13.4. The number of sulfone groups is 1. The first-order chi connectivity index (χ1) is 7.37. The Labute approximate surface area is 96.7 Å². The number of rotatable bonds is 4. The van der Waals surface area contributed by atoms with Crippen LogP contribution in [0.15, 0.2) is 0 Å². The smallest absolute Gasteiger partial charge is 0.251 e. The van der Waals surface area contributed by atoms with E-state index >= 15 is 0 Å². The number of carbonyl (C=O) groups is 1. The van der Waals surface area contributed by atoms with Crippen molar-refractivity contribution in [2.45, 2.75) is 32.4 Å². The SMILES string of the molecule is CCOC(C)C(=O)N(C)C1CCS(=O)(=O)C1. The second-order valence-electron chi connectivity index (χ2n) is 4.10. The van der Waals surface area contributed by atoms with Gasteiger partial charge < -0.3 is 9.64 Å². The highest BCUT2D eigenvalue weighted by molar-refractivity contribution is 7.91. The lowest BCUT2D eigenvalue weighted by Gasteiger charge is -2.26. The standard InChI is InChI=1S/C10H19NO4S/c1-4-15-8(2)10(12)11(3)9-5-6-16(13,14)7-9/h8-9H,4-7H2,1-3H3. The zero-order chi connectivity index (χ0) is 12.3. The zero-order valence-corrected chi connectivity index (χ0v) is 10.8. The highest BCUT2D eigenvalue weighted by atomic mass is 32.2. The predicted molar refractivity (Wildman–Crippen MR) is 60.9 cm³/mol. The van der Waals surface area contributed by atoms with Crippen molar-refractivity contribution in [2.24, 2.45) is 0 Å². The van der Waals surface area contributed by atoms with Gasteiger partial charge in [-0.05, 0) is 20.3 Å². The van der Waals surface area contributed by atoms with Crippen LogP contribution in [0, 0.1) is 0 Å². The maximum Gasteiger partial charge on any atom is 0.251 e. The van der Waals surface area contributed by atoms with E-state index in [4.69, 9.17) is 4.74 Å². The van der Waals surface area contributed by atoms with Crippen LogP contribution in [0.1, 0.15) is 20.3 Å². The summed E-state index contributed by atoms with van der Waals surface area (Å²) in [5, 5.41) is 0. The molecule has 5 nitrogen and oxygen atoms in total. The summed E-state index contributed by atoms with van der Waals surface area (Å²) in [6.45, 7) is 3.99. The van der Waals surface area contributed by atoms with Crippen LogP contribution in [-0.4, -0.2) is 56.5 Å². The van der Waals surface area contributed by atoms with E-state index in [9.17, 15) is 13.2 Å². The average molecular weight is 249 g/mol. The van der Waals surface area contributed by atoms with E-state index in [0.29, 0.717) is 13.0 Å². The van der Waals surface area contributed by atoms with Gasteiger partial charge in [0.15, 0.2) is 9.84 Å². The molecule has 0 aromatic carbocycles. The van der Waals surface area contributed by atoms with E-state index in [2.05, 4.69) is 0 Å². The third-order valence-corrected chi connectivity index (χ3v) is 4.62. The second-order valence-corrected chi connectivity index (χ2v) is 6.33. The minimum atomic E-state index is -2.95. The first-order valence-electron chi connectivity index (χ1n) is 5.46. The van der Waals surface area contributed by atoms with E-state index in [0.717, 1.165) is 0 Å². The van der Waals surface area contributed by atoms with Crippen LogP contribution in [0.2, 0.25) is 0 Å². The third kappa shape index (κ3) is 3.18. The molecule has 0 spiro atoms. The van der Waals surface area contributed by atoms with Crippen molar-refractivity contribution in [1.82, 2.24) is 4.90 Å². The van der Waals surface area contributed by atoms with Crippen molar-refractivity contribution < 1.29 is 17.9 Å². The molecule has 0 bridgehead atoms. The van der Waals surface area contributed by atoms with E-state index in [1.165, 1.54) is 4.90 Å². The number of amides is 1. The van der Waals surface area contributed by atoms with Gasteiger partial charge in [0.1, 0.15) is 6.10 Å². The van der Waals surface area contributed by atoms with Crippen LogP contribution >= 0.6 is 0 Å². The summed E-state index contributed by atoms with van der Waals surface area (Å²) in [6.07, 6.45) is 0.0296. The molecule has 0 radical (unpaired) electrons. The van der Waals surface area contributed by atoms with Crippen molar-refractivity contribution in [3.63, 3.8) is 0 Å². The predicted octanol–water partition coefficient (Wildman–Crippen LogP) is 0.0569. The fourth-order valence-corrected chi connectivity index (χ4v) is 3.64. The summed E-state index contributed by atoms with van der Waals surface area (Å²) >= 11 is 0. The fourth-order valence-electron chi connectivity index (χ4n) is 1.87. The van der Waals surface area contributed by atoms with Gasteiger partial charge in [0.05, 0.1) is 11.5 Å². The normalized spacial score (nSPS) is 25.3. The Kier molecular flexibility index (Phi) is 4.32. The minimum Gasteiger partial charge on any atom is -0.369 e. The zero-order valence-electron chi connectivity index (χ0n) is 9.97. The summed E-state index contributed by atoms with van der Waals surface area (Å²) in [6, 6.07) is -0.194. The lowest BCUT2D eigenvalue weighted by atomic mass is 10.2. The number of carbonyl (C=O) groups excluding carboxylic acids is 1. The maximum atomic E-state index is 11.8. The molecule has 0 aromatic rings. The molecule has 2 atom stereocenters. The van der Waals surface area contributed by atoms with Gasteiger partial charge in [0.2, 0.25) is 0 Å². The topological polar surface area (TPSA) is 63.7 Å². The van der Waals surface area contributed by atoms with Crippen molar-refractivity contribution >= 4 is 15.7 Å². The molecule has 1 aliphatic rings. The van der Waals surface area contributed by atoms with Gasteiger partial charge in [-0.15, -0.1) is 0 Å². The highest BCUT2D eigenvalue weighted by Gasteiger charge is 2.34. The molecule has 0 aromatic heterocycles. The van der Waals surface area contributed by atoms with Gasteiger partial charge in [-0.3, -0.25) is 4.79 Å². The Morgan fingerprint density at radius 2 is 2.19 bits per heavy atom. The van der Waals surface area contributed by atoms with Gasteiger partial charge in [-0.2, -0.15) is 0 Å². The van der Waals surface area contributed by atoms with Crippen LogP contribution in [0.3, 0.4) is 0 Å².